The van der Waals surface area contributed by atoms with Gasteiger partial charge in [-0.15, -0.1) is 0 Å². The average Bonchev–Trinajstić information content (AvgIpc) is 2.22. The summed E-state index contributed by atoms with van der Waals surface area (Å²) in [7, 11) is 0. The maximum Gasteiger partial charge on any atom is 0.230 e. The third-order valence-electron chi connectivity index (χ3n) is 1.93. The Balaban J connectivity index is 3.23. The van der Waals surface area contributed by atoms with Crippen molar-refractivity contribution in [2.75, 3.05) is 4.90 Å². The summed E-state index contributed by atoms with van der Waals surface area (Å²) >= 11 is 0. The highest BCUT2D eigenvalue weighted by atomic mass is 19.1. The Morgan fingerprint density at radius 1 is 1.47 bits per heavy atom. The van der Waals surface area contributed by atoms with Crippen molar-refractivity contribution >= 4 is 11.6 Å². The molecule has 0 aliphatic heterocycles. The second-order valence-electron chi connectivity index (χ2n) is 2.87. The zero-order valence-corrected chi connectivity index (χ0v) is 8.34. The third kappa shape index (κ3) is 2.21. The molecule has 0 atom stereocenters. The molecule has 15 heavy (non-hydrogen) atoms. The Hall–Kier alpha value is -1.71. The first-order chi connectivity index (χ1) is 7.11. The topological polar surface area (TPSA) is 20.3 Å². The molecule has 0 radical (unpaired) electrons. The largest absolute Gasteiger partial charge is 0.283 e. The van der Waals surface area contributed by atoms with Gasteiger partial charge in [0.05, 0.1) is 0 Å². The summed E-state index contributed by atoms with van der Waals surface area (Å²) in [6.45, 7) is 4.97. The molecule has 0 bridgehead atoms. The van der Waals surface area contributed by atoms with Gasteiger partial charge in [0.15, 0.2) is 0 Å². The number of carbonyl (C=O) groups is 1. The first-order valence-corrected chi connectivity index (χ1v) is 4.50. The Kier molecular flexibility index (Phi) is 3.55. The highest BCUT2D eigenvalue weighted by molar-refractivity contribution is 5.95. The molecular formula is C11H11F2NO. The lowest BCUT2D eigenvalue weighted by atomic mass is 10.2. The number of rotatable bonds is 3. The summed E-state index contributed by atoms with van der Waals surface area (Å²) in [6, 6.07) is 3.43. The third-order valence-corrected chi connectivity index (χ3v) is 1.93. The average molecular weight is 211 g/mol. The van der Waals surface area contributed by atoms with Crippen LogP contribution in [0.25, 0.3) is 0 Å². The van der Waals surface area contributed by atoms with Crippen LogP contribution in [0.4, 0.5) is 14.5 Å². The summed E-state index contributed by atoms with van der Waals surface area (Å²) in [5.74, 6) is -1.97. The van der Waals surface area contributed by atoms with E-state index in [1.54, 1.807) is 6.92 Å². The Bertz CT molecular complexity index is 370. The van der Waals surface area contributed by atoms with Crippen LogP contribution in [-0.2, 0) is 4.79 Å². The molecule has 4 heteroatoms. The van der Waals surface area contributed by atoms with Crippen molar-refractivity contribution < 1.29 is 13.6 Å². The van der Waals surface area contributed by atoms with Gasteiger partial charge < -0.3 is 0 Å². The van der Waals surface area contributed by atoms with Crippen LogP contribution in [0.1, 0.15) is 13.3 Å². The van der Waals surface area contributed by atoms with Gasteiger partial charge in [0.2, 0.25) is 5.91 Å². The highest BCUT2D eigenvalue weighted by Crippen LogP contribution is 2.23. The number of para-hydroxylation sites is 1. The molecule has 1 aromatic carbocycles. The van der Waals surface area contributed by atoms with E-state index in [2.05, 4.69) is 6.58 Å². The number of amides is 1. The van der Waals surface area contributed by atoms with Crippen LogP contribution in [0, 0.1) is 11.6 Å². The Morgan fingerprint density at radius 3 is 2.40 bits per heavy atom. The summed E-state index contributed by atoms with van der Waals surface area (Å²) in [6.07, 6.45) is 1.26. The van der Waals surface area contributed by atoms with Gasteiger partial charge in [-0.1, -0.05) is 19.6 Å². The molecule has 1 amide bonds. The Morgan fingerprint density at radius 2 is 2.00 bits per heavy atom. The standard InChI is InChI=1S/C11H11F2NO/c1-3-10(15)14(4-2)11-8(12)6-5-7-9(11)13/h4-7H,2-3H2,1H3. The van der Waals surface area contributed by atoms with Crippen LogP contribution in [0.2, 0.25) is 0 Å². The van der Waals surface area contributed by atoms with Crippen molar-refractivity contribution in [1.29, 1.82) is 0 Å². The van der Waals surface area contributed by atoms with Crippen LogP contribution >= 0.6 is 0 Å². The molecule has 0 aliphatic rings. The Labute approximate surface area is 86.8 Å². The second-order valence-corrected chi connectivity index (χ2v) is 2.87. The van der Waals surface area contributed by atoms with Crippen molar-refractivity contribution in [3.63, 3.8) is 0 Å². The molecular weight excluding hydrogens is 200 g/mol. The molecule has 0 aromatic heterocycles. The predicted molar refractivity (Wildman–Crippen MR) is 54.3 cm³/mol. The van der Waals surface area contributed by atoms with Gasteiger partial charge in [0.1, 0.15) is 17.3 Å². The molecule has 0 unspecified atom stereocenters. The maximum absolute atomic E-state index is 13.3. The van der Waals surface area contributed by atoms with Crippen LogP contribution < -0.4 is 4.90 Å². The quantitative estimate of drug-likeness (QED) is 0.752. The molecule has 1 rings (SSSR count). The first-order valence-electron chi connectivity index (χ1n) is 4.50. The van der Waals surface area contributed by atoms with Gasteiger partial charge in [-0.2, -0.15) is 0 Å². The summed E-state index contributed by atoms with van der Waals surface area (Å²) in [4.78, 5) is 12.2. The minimum Gasteiger partial charge on any atom is -0.283 e. The van der Waals surface area contributed by atoms with E-state index >= 15 is 0 Å². The number of carbonyl (C=O) groups excluding carboxylic acids is 1. The normalized spacial score (nSPS) is 9.80. The molecule has 0 heterocycles. The van der Waals surface area contributed by atoms with Crippen LogP contribution in [0.5, 0.6) is 0 Å². The van der Waals surface area contributed by atoms with E-state index in [4.69, 9.17) is 0 Å². The minimum absolute atomic E-state index is 0.153. The van der Waals surface area contributed by atoms with Gasteiger partial charge >= 0.3 is 0 Å². The predicted octanol–water partition coefficient (Wildman–Crippen LogP) is 2.85. The smallest absolute Gasteiger partial charge is 0.230 e. The zero-order chi connectivity index (χ0) is 11.4. The second kappa shape index (κ2) is 4.68. The van der Waals surface area contributed by atoms with Crippen LogP contribution in [0.15, 0.2) is 31.0 Å². The lowest BCUT2D eigenvalue weighted by Crippen LogP contribution is -2.25. The molecule has 0 saturated carbocycles. The lowest BCUT2D eigenvalue weighted by molar-refractivity contribution is -0.117. The molecule has 2 nitrogen and oxygen atoms in total. The monoisotopic (exact) mass is 211 g/mol. The number of halogens is 2. The molecule has 0 aliphatic carbocycles. The number of anilines is 1. The van der Waals surface area contributed by atoms with E-state index in [-0.39, 0.29) is 12.1 Å². The van der Waals surface area contributed by atoms with Gasteiger partial charge in [-0.05, 0) is 12.1 Å². The fourth-order valence-electron chi connectivity index (χ4n) is 1.21. The maximum atomic E-state index is 13.3. The van der Waals surface area contributed by atoms with Crippen LogP contribution in [0.3, 0.4) is 0 Å². The van der Waals surface area contributed by atoms with Crippen molar-refractivity contribution in [2.45, 2.75) is 13.3 Å². The summed E-state index contributed by atoms with van der Waals surface area (Å²) in [5, 5.41) is 0. The summed E-state index contributed by atoms with van der Waals surface area (Å²) in [5.41, 5.74) is -0.376. The van der Waals surface area contributed by atoms with E-state index in [0.717, 1.165) is 23.2 Å². The summed E-state index contributed by atoms with van der Waals surface area (Å²) < 4.78 is 26.6. The van der Waals surface area contributed by atoms with Gasteiger partial charge in [0, 0.05) is 12.6 Å². The van der Waals surface area contributed by atoms with E-state index in [1.165, 1.54) is 6.07 Å². The van der Waals surface area contributed by atoms with Crippen molar-refractivity contribution in [3.05, 3.63) is 42.6 Å². The SMILES string of the molecule is C=CN(C(=O)CC)c1c(F)cccc1F. The van der Waals surface area contributed by atoms with E-state index in [0.29, 0.717) is 0 Å². The fraction of sp³-hybridized carbons (Fsp3) is 0.182. The fourth-order valence-corrected chi connectivity index (χ4v) is 1.21. The van der Waals surface area contributed by atoms with Crippen molar-refractivity contribution in [2.24, 2.45) is 0 Å². The zero-order valence-electron chi connectivity index (χ0n) is 8.34. The number of hydrogen-bond donors (Lipinski definition) is 0. The van der Waals surface area contributed by atoms with Gasteiger partial charge in [0.25, 0.3) is 0 Å². The van der Waals surface area contributed by atoms with Crippen LogP contribution in [-0.4, -0.2) is 5.91 Å². The lowest BCUT2D eigenvalue weighted by Gasteiger charge is -2.18. The molecule has 0 spiro atoms. The minimum atomic E-state index is -0.781. The van der Waals surface area contributed by atoms with Gasteiger partial charge in [-0.3, -0.25) is 9.69 Å². The first kappa shape index (κ1) is 11.4. The number of nitrogens with zero attached hydrogens (tertiary/aromatic N) is 1. The molecule has 0 N–H and O–H groups in total. The highest BCUT2D eigenvalue weighted by Gasteiger charge is 2.18. The van der Waals surface area contributed by atoms with E-state index in [1.807, 2.05) is 0 Å². The van der Waals surface area contributed by atoms with Gasteiger partial charge in [-0.25, -0.2) is 8.78 Å². The van der Waals surface area contributed by atoms with Crippen molar-refractivity contribution in [1.82, 2.24) is 0 Å². The molecule has 0 saturated heterocycles. The van der Waals surface area contributed by atoms with Crippen molar-refractivity contribution in [3.8, 4) is 0 Å². The number of benzene rings is 1. The molecule has 1 aromatic rings. The van der Waals surface area contributed by atoms with E-state index < -0.39 is 17.5 Å². The van der Waals surface area contributed by atoms with E-state index in [9.17, 15) is 13.6 Å². The molecule has 80 valence electrons. The number of hydrogen-bond acceptors (Lipinski definition) is 1. The molecule has 0 fully saturated rings.